The van der Waals surface area contributed by atoms with Crippen molar-refractivity contribution >= 4 is 5.82 Å². The van der Waals surface area contributed by atoms with Gasteiger partial charge in [-0.2, -0.15) is 0 Å². The normalized spacial score (nSPS) is 9.70. The fourth-order valence-corrected chi connectivity index (χ4v) is 0.520. The number of imidazole rings is 1. The van der Waals surface area contributed by atoms with Crippen LogP contribution in [0.1, 0.15) is 0 Å². The van der Waals surface area contributed by atoms with Gasteiger partial charge in [0.05, 0.1) is 0 Å². The van der Waals surface area contributed by atoms with Gasteiger partial charge in [-0.1, -0.05) is 0 Å². The maximum atomic E-state index is 9.98. The van der Waals surface area contributed by atoms with E-state index >= 15 is 0 Å². The van der Waals surface area contributed by atoms with Crippen LogP contribution in [0.5, 0.6) is 0 Å². The van der Waals surface area contributed by atoms with E-state index in [1.54, 1.807) is 0 Å². The van der Waals surface area contributed by atoms with Crippen molar-refractivity contribution in [2.24, 2.45) is 0 Å². The smallest absolute Gasteiger partial charge is 0.376 e. The lowest BCUT2D eigenvalue weighted by Crippen LogP contribution is -1.91. The Morgan fingerprint density at radius 3 is 2.90 bits per heavy atom. The second kappa shape index (κ2) is 2.44. The second-order valence-electron chi connectivity index (χ2n) is 1.64. The van der Waals surface area contributed by atoms with Gasteiger partial charge < -0.3 is 15.2 Å². The molecule has 0 aliphatic carbocycles. The molecule has 0 aliphatic rings. The topological polar surface area (TPSA) is 81.2 Å². The van der Waals surface area contributed by atoms with E-state index in [2.05, 4.69) is 4.98 Å². The van der Waals surface area contributed by atoms with E-state index in [0.29, 0.717) is 0 Å². The molecule has 6 heteroatoms. The number of aliphatic hydroxyl groups excluding tert-OH is 1. The Bertz CT molecular complexity index is 244. The van der Waals surface area contributed by atoms with Crippen LogP contribution in [0.25, 0.3) is 0 Å². The predicted octanol–water partition coefficient (Wildman–Crippen LogP) is -0.259. The summed E-state index contributed by atoms with van der Waals surface area (Å²) in [6.07, 6.45) is 2.35. The molecule has 1 N–H and O–H groups in total. The number of aromatic nitrogens is 2. The summed E-state index contributed by atoms with van der Waals surface area (Å²) < 4.78 is 1.21. The van der Waals surface area contributed by atoms with Gasteiger partial charge in [-0.15, -0.1) is 0 Å². The molecule has 0 saturated carbocycles. The monoisotopic (exact) mass is 143 g/mol. The summed E-state index contributed by atoms with van der Waals surface area (Å²) >= 11 is 0. The molecule has 1 aromatic heterocycles. The Labute approximate surface area is 55.9 Å². The first-order chi connectivity index (χ1) is 4.74. The van der Waals surface area contributed by atoms with Crippen LogP contribution < -0.4 is 0 Å². The molecule has 0 aromatic carbocycles. The Balaban J connectivity index is 2.88. The molecule has 1 aromatic rings. The predicted molar refractivity (Wildman–Crippen MR) is 31.1 cm³/mol. The molecule has 1 heterocycles. The van der Waals surface area contributed by atoms with Crippen molar-refractivity contribution in [2.75, 3.05) is 0 Å². The summed E-state index contributed by atoms with van der Waals surface area (Å²) in [4.78, 5) is 12.7. The lowest BCUT2D eigenvalue weighted by atomic mass is 10.8. The van der Waals surface area contributed by atoms with Gasteiger partial charge >= 0.3 is 5.82 Å². The third kappa shape index (κ3) is 1.11. The minimum absolute atomic E-state index is 0.256. The summed E-state index contributed by atoms with van der Waals surface area (Å²) in [5.41, 5.74) is 0. The molecule has 0 bridgehead atoms. The first-order valence-electron chi connectivity index (χ1n) is 2.51. The van der Waals surface area contributed by atoms with Crippen molar-refractivity contribution in [3.63, 3.8) is 0 Å². The van der Waals surface area contributed by atoms with E-state index < -0.39 is 4.92 Å². The Hall–Kier alpha value is -1.43. The average Bonchev–Trinajstić information content (AvgIpc) is 2.34. The van der Waals surface area contributed by atoms with Gasteiger partial charge in [0.25, 0.3) is 0 Å². The molecular formula is C4H5N3O3. The molecule has 6 nitrogen and oxygen atoms in total. The first kappa shape index (κ1) is 6.69. The molecule has 0 unspecified atom stereocenters. The highest BCUT2D eigenvalue weighted by Crippen LogP contribution is 2.03. The van der Waals surface area contributed by atoms with E-state index in [4.69, 9.17) is 5.11 Å². The minimum Gasteiger partial charge on any atom is -0.376 e. The highest BCUT2D eigenvalue weighted by Gasteiger charge is 2.07. The minimum atomic E-state index is -0.619. The Morgan fingerprint density at radius 1 is 1.90 bits per heavy atom. The van der Waals surface area contributed by atoms with Gasteiger partial charge in [-0.25, -0.2) is 0 Å². The molecule has 0 spiro atoms. The fraction of sp³-hybridized carbons (Fsp3) is 0.250. The lowest BCUT2D eigenvalue weighted by molar-refractivity contribution is -0.389. The SMILES string of the molecule is O=[N+]([O-])c1cn(CO)cn1. The van der Waals surface area contributed by atoms with Crippen molar-refractivity contribution in [3.8, 4) is 0 Å². The molecule has 0 aliphatic heterocycles. The lowest BCUT2D eigenvalue weighted by Gasteiger charge is -1.86. The largest absolute Gasteiger partial charge is 0.381 e. The average molecular weight is 143 g/mol. The molecule has 54 valence electrons. The van der Waals surface area contributed by atoms with Crippen molar-refractivity contribution in [1.82, 2.24) is 9.55 Å². The molecule has 0 amide bonds. The first-order valence-corrected chi connectivity index (χ1v) is 2.51. The van der Waals surface area contributed by atoms with Crippen molar-refractivity contribution < 1.29 is 10.0 Å². The van der Waals surface area contributed by atoms with Crippen LogP contribution in [0.2, 0.25) is 0 Å². The summed E-state index contributed by atoms with van der Waals surface area (Å²) in [6, 6.07) is 0. The number of nitrogens with zero attached hydrogens (tertiary/aromatic N) is 3. The van der Waals surface area contributed by atoms with Crippen molar-refractivity contribution in [3.05, 3.63) is 22.6 Å². The molecule has 0 fully saturated rings. The molecule has 0 atom stereocenters. The fourth-order valence-electron chi connectivity index (χ4n) is 0.520. The van der Waals surface area contributed by atoms with Crippen LogP contribution in [-0.4, -0.2) is 19.6 Å². The van der Waals surface area contributed by atoms with E-state index in [0.717, 1.165) is 6.20 Å². The van der Waals surface area contributed by atoms with Crippen LogP contribution in [0.15, 0.2) is 12.5 Å². The third-order valence-electron chi connectivity index (χ3n) is 0.970. The van der Waals surface area contributed by atoms with E-state index in [1.807, 2.05) is 0 Å². The zero-order valence-corrected chi connectivity index (χ0v) is 4.97. The van der Waals surface area contributed by atoms with Gasteiger partial charge in [-0.05, 0) is 9.91 Å². The van der Waals surface area contributed by atoms with Gasteiger partial charge in [-0.3, -0.25) is 4.57 Å². The maximum absolute atomic E-state index is 9.98. The third-order valence-corrected chi connectivity index (χ3v) is 0.970. The Morgan fingerprint density at radius 2 is 2.60 bits per heavy atom. The van der Waals surface area contributed by atoms with Crippen LogP contribution in [0.3, 0.4) is 0 Å². The maximum Gasteiger partial charge on any atom is 0.381 e. The van der Waals surface area contributed by atoms with E-state index in [1.165, 1.54) is 10.9 Å². The second-order valence-corrected chi connectivity index (χ2v) is 1.64. The molecule has 0 saturated heterocycles. The van der Waals surface area contributed by atoms with E-state index in [9.17, 15) is 10.1 Å². The van der Waals surface area contributed by atoms with Crippen LogP contribution in [0, 0.1) is 10.1 Å². The van der Waals surface area contributed by atoms with Crippen LogP contribution in [0.4, 0.5) is 5.82 Å². The number of hydrogen-bond acceptors (Lipinski definition) is 4. The van der Waals surface area contributed by atoms with Gasteiger partial charge in [0.1, 0.15) is 12.9 Å². The molecular weight excluding hydrogens is 138 g/mol. The summed E-state index contributed by atoms with van der Waals surface area (Å²) in [5, 5.41) is 18.4. The Kier molecular flexibility index (Phi) is 1.63. The molecule has 1 rings (SSSR count). The molecule has 10 heavy (non-hydrogen) atoms. The van der Waals surface area contributed by atoms with Crippen LogP contribution >= 0.6 is 0 Å². The zero-order valence-electron chi connectivity index (χ0n) is 4.97. The highest BCUT2D eigenvalue weighted by atomic mass is 16.6. The zero-order chi connectivity index (χ0) is 7.56. The molecule has 0 radical (unpaired) electrons. The summed E-state index contributed by atoms with van der Waals surface area (Å²) in [7, 11) is 0. The van der Waals surface area contributed by atoms with E-state index in [-0.39, 0.29) is 12.5 Å². The quantitative estimate of drug-likeness (QED) is 0.456. The standard InChI is InChI=1S/C4H5N3O3/c8-3-6-1-4(5-2-6)7(9)10/h1-2,8H,3H2. The highest BCUT2D eigenvalue weighted by molar-refractivity contribution is 5.11. The number of hydrogen-bond donors (Lipinski definition) is 1. The summed E-state index contributed by atoms with van der Waals surface area (Å²) in [5.74, 6) is -0.256. The number of nitro groups is 1. The number of rotatable bonds is 2. The summed E-state index contributed by atoms with van der Waals surface area (Å²) in [6.45, 7) is -0.291. The van der Waals surface area contributed by atoms with Gasteiger partial charge in [0.15, 0.2) is 0 Å². The van der Waals surface area contributed by atoms with Gasteiger partial charge in [0.2, 0.25) is 6.33 Å². The van der Waals surface area contributed by atoms with Crippen LogP contribution in [-0.2, 0) is 6.73 Å². The van der Waals surface area contributed by atoms with Crippen molar-refractivity contribution in [1.29, 1.82) is 0 Å². The number of aliphatic hydroxyl groups is 1. The van der Waals surface area contributed by atoms with Crippen molar-refractivity contribution in [2.45, 2.75) is 6.73 Å². The van der Waals surface area contributed by atoms with Gasteiger partial charge in [0, 0.05) is 0 Å².